The van der Waals surface area contributed by atoms with Gasteiger partial charge in [0, 0.05) is 12.8 Å². The average molecular weight is 940 g/mol. The van der Waals surface area contributed by atoms with E-state index >= 15 is 0 Å². The second-order valence-corrected chi connectivity index (χ2v) is 21.6. The van der Waals surface area contributed by atoms with Gasteiger partial charge in [-0.1, -0.05) is 219 Å². The van der Waals surface area contributed by atoms with Crippen LogP contribution in [0, 0.1) is 0 Å². The largest absolute Gasteiger partial charge is 0.472 e. The molecule has 0 radical (unpaired) electrons. The van der Waals surface area contributed by atoms with Gasteiger partial charge >= 0.3 is 13.8 Å². The Morgan fingerprint density at radius 1 is 0.523 bits per heavy atom. The third-order valence-corrected chi connectivity index (χ3v) is 13.4. The Morgan fingerprint density at radius 2 is 0.892 bits per heavy atom. The van der Waals surface area contributed by atoms with Crippen molar-refractivity contribution >= 4 is 19.7 Å². The average Bonchev–Trinajstić information content (AvgIpc) is 3.26. The molecule has 3 atom stereocenters. The van der Waals surface area contributed by atoms with Gasteiger partial charge in [-0.15, -0.1) is 0 Å². The highest BCUT2D eigenvalue weighted by molar-refractivity contribution is 7.47. The topological polar surface area (TPSA) is 111 Å². The summed E-state index contributed by atoms with van der Waals surface area (Å²) in [5.41, 5.74) is 0. The van der Waals surface area contributed by atoms with Gasteiger partial charge < -0.3 is 19.4 Å². The Bertz CT molecular complexity index is 1170. The Labute approximate surface area is 403 Å². The fraction of sp³-hybridized carbons (Fsp3) is 0.891. The zero-order valence-electron chi connectivity index (χ0n) is 43.7. The minimum absolute atomic E-state index is 0.0406. The van der Waals surface area contributed by atoms with E-state index in [0.717, 1.165) is 70.6 Å². The summed E-state index contributed by atoms with van der Waals surface area (Å²) in [6.45, 7) is 7.00. The van der Waals surface area contributed by atoms with Crippen molar-refractivity contribution in [3.8, 4) is 0 Å². The SMILES string of the molecule is CCCCCCCC/C=C\CCCCCC(=O)NC(COP(=O)(O)OCC[N+](C)(C)C)C(/C=C/CCCCCCCCCCCC)OC(=O)CCCCCCCCCCCCCCCC. The van der Waals surface area contributed by atoms with Crippen molar-refractivity contribution in [3.63, 3.8) is 0 Å². The van der Waals surface area contributed by atoms with Crippen molar-refractivity contribution in [2.75, 3.05) is 40.9 Å². The van der Waals surface area contributed by atoms with Crippen LogP contribution in [0.1, 0.15) is 265 Å². The second-order valence-electron chi connectivity index (χ2n) is 20.1. The molecule has 1 amide bonds. The summed E-state index contributed by atoms with van der Waals surface area (Å²) in [4.78, 5) is 37.5. The van der Waals surface area contributed by atoms with E-state index in [2.05, 4.69) is 38.2 Å². The number of carbonyl (C=O) groups is 2. The predicted molar refractivity (Wildman–Crippen MR) is 277 cm³/mol. The standard InChI is InChI=1S/C55H107N2O7P/c1-7-10-13-16-19-22-25-28-30-33-36-39-42-45-48-55(59)64-53(46-43-40-37-34-31-27-24-21-18-15-12-9-3)52(51-63-65(60,61)62-50-49-57(4,5)6)56-54(58)47-44-41-38-35-32-29-26-23-20-17-14-11-8-2/h29,32,43,46,52-53H,7-28,30-31,33-42,44-45,47-51H2,1-6H3,(H-,56,58,60,61)/p+1/b32-29-,46-43+. The number of esters is 1. The van der Waals surface area contributed by atoms with Gasteiger partial charge in [0.05, 0.1) is 33.8 Å². The van der Waals surface area contributed by atoms with Crippen LogP contribution in [0.3, 0.4) is 0 Å². The number of ether oxygens (including phenoxy) is 1. The summed E-state index contributed by atoms with van der Waals surface area (Å²) in [6, 6.07) is -0.848. The molecule has 0 aromatic heterocycles. The lowest BCUT2D eigenvalue weighted by molar-refractivity contribution is -0.870. The summed E-state index contributed by atoms with van der Waals surface area (Å²) in [5.74, 6) is -0.514. The molecule has 0 aliphatic heterocycles. The number of allylic oxidation sites excluding steroid dienone is 3. The van der Waals surface area contributed by atoms with Crippen molar-refractivity contribution in [1.29, 1.82) is 0 Å². The van der Waals surface area contributed by atoms with Crippen LogP contribution >= 0.6 is 7.82 Å². The summed E-state index contributed by atoms with van der Waals surface area (Å²) < 4.78 is 30.5. The van der Waals surface area contributed by atoms with E-state index in [0.29, 0.717) is 23.9 Å². The first-order valence-corrected chi connectivity index (χ1v) is 29.2. The maximum absolute atomic E-state index is 13.4. The zero-order valence-corrected chi connectivity index (χ0v) is 44.6. The Kier molecular flexibility index (Phi) is 45.2. The van der Waals surface area contributed by atoms with Crippen LogP contribution in [0.25, 0.3) is 0 Å². The third-order valence-electron chi connectivity index (χ3n) is 12.4. The van der Waals surface area contributed by atoms with Gasteiger partial charge in [0.1, 0.15) is 19.3 Å². The molecule has 0 fully saturated rings. The number of phosphoric acid groups is 1. The fourth-order valence-electron chi connectivity index (χ4n) is 8.05. The van der Waals surface area contributed by atoms with Gasteiger partial charge in [0.2, 0.25) is 5.91 Å². The lowest BCUT2D eigenvalue weighted by Crippen LogP contribution is -2.47. The van der Waals surface area contributed by atoms with Crippen LogP contribution in [0.2, 0.25) is 0 Å². The van der Waals surface area contributed by atoms with Crippen molar-refractivity contribution in [2.24, 2.45) is 0 Å². The first kappa shape index (κ1) is 63.5. The van der Waals surface area contributed by atoms with Crippen LogP contribution in [0.4, 0.5) is 0 Å². The Morgan fingerprint density at radius 3 is 1.32 bits per heavy atom. The van der Waals surface area contributed by atoms with Crippen LogP contribution in [-0.2, 0) is 27.9 Å². The molecular formula is C55H108N2O7P+. The molecule has 0 aliphatic carbocycles. The van der Waals surface area contributed by atoms with E-state index in [1.165, 1.54) is 161 Å². The number of quaternary nitrogens is 1. The molecule has 0 aromatic rings. The Balaban J connectivity index is 5.39. The van der Waals surface area contributed by atoms with Gasteiger partial charge in [-0.3, -0.25) is 18.6 Å². The number of hydrogen-bond acceptors (Lipinski definition) is 6. The van der Waals surface area contributed by atoms with Gasteiger partial charge in [0.15, 0.2) is 0 Å². The molecule has 9 nitrogen and oxygen atoms in total. The predicted octanol–water partition coefficient (Wildman–Crippen LogP) is 16.2. The quantitative estimate of drug-likeness (QED) is 0.0205. The molecule has 0 aromatic carbocycles. The summed E-state index contributed by atoms with van der Waals surface area (Å²) in [7, 11) is 1.50. The van der Waals surface area contributed by atoms with Gasteiger partial charge in [-0.25, -0.2) is 4.57 Å². The highest BCUT2D eigenvalue weighted by Gasteiger charge is 2.30. The molecule has 0 aliphatic rings. The lowest BCUT2D eigenvalue weighted by Gasteiger charge is -2.27. The van der Waals surface area contributed by atoms with Crippen molar-refractivity contribution in [1.82, 2.24) is 5.32 Å². The minimum atomic E-state index is -4.44. The van der Waals surface area contributed by atoms with E-state index in [1.807, 2.05) is 33.3 Å². The van der Waals surface area contributed by atoms with Crippen molar-refractivity contribution in [3.05, 3.63) is 24.3 Å². The molecule has 0 bridgehead atoms. The van der Waals surface area contributed by atoms with Crippen LogP contribution in [-0.4, -0.2) is 74.3 Å². The molecular weight excluding hydrogens is 832 g/mol. The number of rotatable bonds is 50. The van der Waals surface area contributed by atoms with E-state index in [-0.39, 0.29) is 25.1 Å². The van der Waals surface area contributed by atoms with Crippen LogP contribution < -0.4 is 5.32 Å². The van der Waals surface area contributed by atoms with E-state index in [1.54, 1.807) is 0 Å². The maximum Gasteiger partial charge on any atom is 0.472 e. The summed E-state index contributed by atoms with van der Waals surface area (Å²) in [5, 5.41) is 3.03. The number of carbonyl (C=O) groups excluding carboxylic acids is 2. The van der Waals surface area contributed by atoms with Crippen molar-refractivity contribution in [2.45, 2.75) is 277 Å². The molecule has 3 unspecified atom stereocenters. The number of phosphoric ester groups is 1. The number of nitrogens with zero attached hydrogens (tertiary/aromatic N) is 1. The minimum Gasteiger partial charge on any atom is -0.456 e. The number of likely N-dealkylation sites (N-methyl/N-ethyl adjacent to an activating group) is 1. The number of hydrogen-bond donors (Lipinski definition) is 2. The number of nitrogens with one attached hydrogen (secondary N) is 1. The van der Waals surface area contributed by atoms with Gasteiger partial charge in [0.25, 0.3) is 0 Å². The highest BCUT2D eigenvalue weighted by Crippen LogP contribution is 2.43. The molecule has 0 heterocycles. The van der Waals surface area contributed by atoms with Crippen molar-refractivity contribution < 1.29 is 37.3 Å². The lowest BCUT2D eigenvalue weighted by atomic mass is 10.0. The smallest absolute Gasteiger partial charge is 0.456 e. The van der Waals surface area contributed by atoms with Crippen LogP contribution in [0.15, 0.2) is 24.3 Å². The van der Waals surface area contributed by atoms with E-state index < -0.39 is 20.0 Å². The number of unbranched alkanes of at least 4 members (excludes halogenated alkanes) is 32. The molecule has 0 saturated heterocycles. The van der Waals surface area contributed by atoms with E-state index in [4.69, 9.17) is 13.8 Å². The fourth-order valence-corrected chi connectivity index (χ4v) is 8.79. The number of amides is 1. The van der Waals surface area contributed by atoms with Crippen LogP contribution in [0.5, 0.6) is 0 Å². The molecule has 65 heavy (non-hydrogen) atoms. The zero-order chi connectivity index (χ0) is 48.0. The Hall–Kier alpha value is -1.51. The third kappa shape index (κ3) is 47.4. The second kappa shape index (κ2) is 46.2. The molecule has 0 saturated carbocycles. The first-order valence-electron chi connectivity index (χ1n) is 27.7. The molecule has 10 heteroatoms. The maximum atomic E-state index is 13.4. The summed E-state index contributed by atoms with van der Waals surface area (Å²) in [6.07, 6.45) is 51.6. The van der Waals surface area contributed by atoms with Gasteiger partial charge in [-0.05, 0) is 57.4 Å². The first-order chi connectivity index (χ1) is 31.4. The molecule has 2 N–H and O–H groups in total. The molecule has 0 rings (SSSR count). The highest BCUT2D eigenvalue weighted by atomic mass is 31.2. The summed E-state index contributed by atoms with van der Waals surface area (Å²) >= 11 is 0. The van der Waals surface area contributed by atoms with E-state index in [9.17, 15) is 19.0 Å². The van der Waals surface area contributed by atoms with Gasteiger partial charge in [-0.2, -0.15) is 0 Å². The molecule has 384 valence electrons. The normalized spacial score (nSPS) is 14.0. The monoisotopic (exact) mass is 940 g/mol. The molecule has 0 spiro atoms.